The highest BCUT2D eigenvalue weighted by Crippen LogP contribution is 2.31. The number of hydrogen-bond donors (Lipinski definition) is 0. The first kappa shape index (κ1) is 8.51. The van der Waals surface area contributed by atoms with Crippen molar-refractivity contribution < 1.29 is 0 Å². The highest BCUT2D eigenvalue weighted by Gasteiger charge is 2.25. The van der Waals surface area contributed by atoms with Gasteiger partial charge in [-0.1, -0.05) is 33.8 Å². The van der Waals surface area contributed by atoms with Gasteiger partial charge in [-0.15, -0.1) is 0 Å². The predicted molar refractivity (Wildman–Crippen MR) is 49.8 cm³/mol. The Kier molecular flexibility index (Phi) is 1.91. The summed E-state index contributed by atoms with van der Waals surface area (Å²) < 4.78 is 0. The van der Waals surface area contributed by atoms with Crippen LogP contribution in [0.15, 0.2) is 16.8 Å². The maximum absolute atomic E-state index is 4.52. The zero-order chi connectivity index (χ0) is 8.65. The molecular weight excluding hydrogens is 134 g/mol. The summed E-state index contributed by atoms with van der Waals surface area (Å²) in [6.07, 6.45) is 2.27. The smallest absolute Gasteiger partial charge is 0.0398 e. The number of aliphatic imine (C=N–C) groups is 1. The van der Waals surface area contributed by atoms with Crippen molar-refractivity contribution in [3.63, 3.8) is 0 Å². The second kappa shape index (κ2) is 2.47. The lowest BCUT2D eigenvalue weighted by Crippen LogP contribution is -2.14. The molecule has 0 unspecified atom stereocenters. The van der Waals surface area contributed by atoms with Crippen LogP contribution >= 0.6 is 0 Å². The van der Waals surface area contributed by atoms with Crippen LogP contribution in [0.3, 0.4) is 0 Å². The van der Waals surface area contributed by atoms with E-state index in [0.717, 1.165) is 0 Å². The van der Waals surface area contributed by atoms with Gasteiger partial charge in [0.15, 0.2) is 0 Å². The van der Waals surface area contributed by atoms with Gasteiger partial charge in [0.25, 0.3) is 0 Å². The van der Waals surface area contributed by atoms with Crippen molar-refractivity contribution in [1.82, 2.24) is 0 Å². The fourth-order valence-corrected chi connectivity index (χ4v) is 1.14. The SMILES string of the molecule is CC1=NC(C(C)C)=CC1(C)C. The summed E-state index contributed by atoms with van der Waals surface area (Å²) in [7, 11) is 0. The molecule has 62 valence electrons. The molecule has 1 nitrogen and oxygen atoms in total. The van der Waals surface area contributed by atoms with E-state index in [-0.39, 0.29) is 5.41 Å². The molecule has 0 saturated carbocycles. The summed E-state index contributed by atoms with van der Waals surface area (Å²) in [4.78, 5) is 4.52. The molecule has 0 N–H and O–H groups in total. The zero-order valence-corrected chi connectivity index (χ0v) is 8.10. The summed E-state index contributed by atoms with van der Waals surface area (Å²) in [5.41, 5.74) is 2.67. The monoisotopic (exact) mass is 151 g/mol. The van der Waals surface area contributed by atoms with E-state index in [2.05, 4.69) is 45.7 Å². The topological polar surface area (TPSA) is 12.4 Å². The quantitative estimate of drug-likeness (QED) is 0.546. The van der Waals surface area contributed by atoms with Crippen LogP contribution in [0.5, 0.6) is 0 Å². The lowest BCUT2D eigenvalue weighted by molar-refractivity contribution is 0.673. The van der Waals surface area contributed by atoms with Crippen LogP contribution < -0.4 is 0 Å². The Hall–Kier alpha value is -0.590. The van der Waals surface area contributed by atoms with Gasteiger partial charge in [-0.3, -0.25) is 4.99 Å². The van der Waals surface area contributed by atoms with E-state index in [0.29, 0.717) is 5.92 Å². The standard InChI is InChI=1S/C10H17N/c1-7(2)9-6-10(4,5)8(3)11-9/h6-7H,1-5H3. The third kappa shape index (κ3) is 1.52. The second-order valence-electron chi connectivity index (χ2n) is 4.14. The highest BCUT2D eigenvalue weighted by molar-refractivity contribution is 5.92. The maximum Gasteiger partial charge on any atom is 0.0398 e. The molecule has 1 heteroatoms. The normalized spacial score (nSPS) is 22.0. The minimum absolute atomic E-state index is 0.194. The van der Waals surface area contributed by atoms with E-state index in [9.17, 15) is 0 Å². The molecule has 0 atom stereocenters. The molecule has 0 fully saturated rings. The van der Waals surface area contributed by atoms with E-state index in [1.54, 1.807) is 0 Å². The summed E-state index contributed by atoms with van der Waals surface area (Å²) in [6.45, 7) is 10.9. The first-order valence-electron chi connectivity index (χ1n) is 4.22. The fourth-order valence-electron chi connectivity index (χ4n) is 1.14. The van der Waals surface area contributed by atoms with Crippen LogP contribution in [0.4, 0.5) is 0 Å². The number of hydrogen-bond acceptors (Lipinski definition) is 1. The van der Waals surface area contributed by atoms with Crippen molar-refractivity contribution in [1.29, 1.82) is 0 Å². The average Bonchev–Trinajstić information content (AvgIpc) is 2.08. The van der Waals surface area contributed by atoms with Crippen LogP contribution in [0.1, 0.15) is 34.6 Å². The number of nitrogens with zero attached hydrogens (tertiary/aromatic N) is 1. The Labute approximate surface area is 69.2 Å². The summed E-state index contributed by atoms with van der Waals surface area (Å²) in [5, 5.41) is 0. The third-order valence-corrected chi connectivity index (χ3v) is 2.33. The van der Waals surface area contributed by atoms with Gasteiger partial charge in [0.05, 0.1) is 0 Å². The van der Waals surface area contributed by atoms with E-state index in [4.69, 9.17) is 0 Å². The molecule has 1 aliphatic rings. The van der Waals surface area contributed by atoms with Gasteiger partial charge in [0.1, 0.15) is 0 Å². The van der Waals surface area contributed by atoms with Gasteiger partial charge < -0.3 is 0 Å². The minimum Gasteiger partial charge on any atom is -0.262 e. The highest BCUT2D eigenvalue weighted by atomic mass is 14.8. The summed E-state index contributed by atoms with van der Waals surface area (Å²) in [5.74, 6) is 0.562. The molecule has 0 aromatic rings. The first-order valence-corrected chi connectivity index (χ1v) is 4.22. The van der Waals surface area contributed by atoms with E-state index >= 15 is 0 Å². The van der Waals surface area contributed by atoms with E-state index < -0.39 is 0 Å². The fraction of sp³-hybridized carbons (Fsp3) is 0.700. The second-order valence-corrected chi connectivity index (χ2v) is 4.14. The Balaban J connectivity index is 2.92. The molecule has 0 aliphatic carbocycles. The zero-order valence-electron chi connectivity index (χ0n) is 8.10. The Morgan fingerprint density at radius 2 is 1.91 bits per heavy atom. The van der Waals surface area contributed by atoms with Crippen LogP contribution in [-0.2, 0) is 0 Å². The molecule has 11 heavy (non-hydrogen) atoms. The van der Waals surface area contributed by atoms with Crippen LogP contribution in [-0.4, -0.2) is 5.71 Å². The molecule has 0 aromatic carbocycles. The molecule has 0 aromatic heterocycles. The Bertz CT molecular complexity index is 219. The number of allylic oxidation sites excluding steroid dienone is 2. The van der Waals surface area contributed by atoms with Crippen LogP contribution in [0.2, 0.25) is 0 Å². The lowest BCUT2D eigenvalue weighted by atomic mass is 9.89. The van der Waals surface area contributed by atoms with Gasteiger partial charge in [-0.25, -0.2) is 0 Å². The minimum atomic E-state index is 0.194. The lowest BCUT2D eigenvalue weighted by Gasteiger charge is -2.13. The molecule has 1 rings (SSSR count). The Morgan fingerprint density at radius 1 is 1.36 bits per heavy atom. The van der Waals surface area contributed by atoms with Crippen molar-refractivity contribution >= 4 is 5.71 Å². The molecule has 0 amide bonds. The molecule has 1 aliphatic heterocycles. The van der Waals surface area contributed by atoms with Crippen molar-refractivity contribution in [3.8, 4) is 0 Å². The maximum atomic E-state index is 4.52. The van der Waals surface area contributed by atoms with Crippen LogP contribution in [0.25, 0.3) is 0 Å². The number of rotatable bonds is 1. The molecule has 1 heterocycles. The largest absolute Gasteiger partial charge is 0.262 e. The first-order chi connectivity index (χ1) is 4.93. The van der Waals surface area contributed by atoms with Gasteiger partial charge in [-0.2, -0.15) is 0 Å². The molecule has 0 bridgehead atoms. The van der Waals surface area contributed by atoms with Crippen molar-refractivity contribution in [2.75, 3.05) is 0 Å². The van der Waals surface area contributed by atoms with Crippen molar-refractivity contribution in [2.24, 2.45) is 16.3 Å². The molecule has 0 radical (unpaired) electrons. The van der Waals surface area contributed by atoms with Crippen LogP contribution in [0, 0.1) is 11.3 Å². The van der Waals surface area contributed by atoms with E-state index in [1.165, 1.54) is 11.4 Å². The Morgan fingerprint density at radius 3 is 2.09 bits per heavy atom. The van der Waals surface area contributed by atoms with Gasteiger partial charge in [0, 0.05) is 16.8 Å². The average molecular weight is 151 g/mol. The molecule has 0 saturated heterocycles. The van der Waals surface area contributed by atoms with Gasteiger partial charge in [-0.05, 0) is 12.8 Å². The van der Waals surface area contributed by atoms with E-state index in [1.807, 2.05) is 0 Å². The van der Waals surface area contributed by atoms with Gasteiger partial charge >= 0.3 is 0 Å². The molecular formula is C10H17N. The predicted octanol–water partition coefficient (Wildman–Crippen LogP) is 3.03. The summed E-state index contributed by atoms with van der Waals surface area (Å²) >= 11 is 0. The summed E-state index contributed by atoms with van der Waals surface area (Å²) in [6, 6.07) is 0. The van der Waals surface area contributed by atoms with Crippen molar-refractivity contribution in [2.45, 2.75) is 34.6 Å². The molecule has 0 spiro atoms. The van der Waals surface area contributed by atoms with Crippen molar-refractivity contribution in [3.05, 3.63) is 11.8 Å². The third-order valence-electron chi connectivity index (χ3n) is 2.33. The van der Waals surface area contributed by atoms with Gasteiger partial charge in [0.2, 0.25) is 0 Å².